The highest BCUT2D eigenvalue weighted by Gasteiger charge is 2.51. The first-order chi connectivity index (χ1) is 30.2. The van der Waals surface area contributed by atoms with Gasteiger partial charge in [-0.3, -0.25) is 0 Å². The van der Waals surface area contributed by atoms with Crippen molar-refractivity contribution in [1.82, 2.24) is 9.97 Å². The summed E-state index contributed by atoms with van der Waals surface area (Å²) in [7, 11) is 0. The highest BCUT2D eigenvalue weighted by molar-refractivity contribution is 5.96. The molecule has 2 aliphatic carbocycles. The van der Waals surface area contributed by atoms with Gasteiger partial charge in [-0.05, 0) is 102 Å². The van der Waals surface area contributed by atoms with Gasteiger partial charge in [0.15, 0.2) is 5.82 Å². The van der Waals surface area contributed by atoms with Gasteiger partial charge in [0.25, 0.3) is 0 Å². The van der Waals surface area contributed by atoms with Gasteiger partial charge in [-0.1, -0.05) is 206 Å². The molecule has 0 saturated carbocycles. The number of hydrogen-bond donors (Lipinski definition) is 0. The average Bonchev–Trinajstić information content (AvgIpc) is 3.82. The van der Waals surface area contributed by atoms with E-state index in [1.165, 1.54) is 66.8 Å². The molecule has 0 N–H and O–H groups in total. The standard InChI is InChI=1S/C59H38N2/c1-3-15-39(16-4-1)40-29-31-41(32-30-40)56-38-57(61-58(60-56)42-17-5-2-6-18-42)47-22-14-21-45(36-47)43-19-13-20-44(35-43)46-33-34-51-50-25-9-12-28-54(50)59(55(51)37-46)52-26-10-7-23-48(52)49-24-8-11-27-53(49)59/h1-38H. The van der Waals surface area contributed by atoms with Crippen LogP contribution in [-0.4, -0.2) is 9.97 Å². The van der Waals surface area contributed by atoms with Crippen molar-refractivity contribution in [2.24, 2.45) is 0 Å². The molecule has 284 valence electrons. The van der Waals surface area contributed by atoms with Gasteiger partial charge in [0.2, 0.25) is 0 Å². The average molecular weight is 775 g/mol. The highest BCUT2D eigenvalue weighted by Crippen LogP contribution is 2.63. The molecule has 0 aliphatic heterocycles. The Morgan fingerprint density at radius 1 is 0.230 bits per heavy atom. The molecule has 1 aromatic heterocycles. The molecule has 1 spiro atoms. The second-order valence-corrected chi connectivity index (χ2v) is 16.1. The van der Waals surface area contributed by atoms with Gasteiger partial charge in [-0.2, -0.15) is 0 Å². The first-order valence-electron chi connectivity index (χ1n) is 21.0. The predicted octanol–water partition coefficient (Wildman–Crippen LogP) is 14.8. The van der Waals surface area contributed by atoms with Crippen LogP contribution in [0.2, 0.25) is 0 Å². The summed E-state index contributed by atoms with van der Waals surface area (Å²) in [6.45, 7) is 0. The van der Waals surface area contributed by atoms with Crippen molar-refractivity contribution in [2.75, 3.05) is 0 Å². The molecule has 0 bridgehead atoms. The van der Waals surface area contributed by atoms with Crippen LogP contribution in [0.15, 0.2) is 231 Å². The summed E-state index contributed by atoms with van der Waals surface area (Å²) in [5, 5.41) is 0. The molecule has 12 rings (SSSR count). The van der Waals surface area contributed by atoms with Crippen LogP contribution in [0.4, 0.5) is 0 Å². The molecular formula is C59H38N2. The van der Waals surface area contributed by atoms with E-state index in [9.17, 15) is 0 Å². The smallest absolute Gasteiger partial charge is 0.160 e. The van der Waals surface area contributed by atoms with Crippen molar-refractivity contribution in [1.29, 1.82) is 0 Å². The Labute approximate surface area is 356 Å². The summed E-state index contributed by atoms with van der Waals surface area (Å²) < 4.78 is 0. The second-order valence-electron chi connectivity index (χ2n) is 16.1. The lowest BCUT2D eigenvalue weighted by atomic mass is 9.70. The van der Waals surface area contributed by atoms with Crippen LogP contribution in [0.25, 0.3) is 89.5 Å². The van der Waals surface area contributed by atoms with Crippen LogP contribution in [0, 0.1) is 0 Å². The van der Waals surface area contributed by atoms with Gasteiger partial charge in [0.05, 0.1) is 16.8 Å². The first-order valence-corrected chi connectivity index (χ1v) is 21.0. The lowest BCUT2D eigenvalue weighted by Crippen LogP contribution is -2.25. The fourth-order valence-electron chi connectivity index (χ4n) is 9.93. The molecule has 2 aliphatic rings. The van der Waals surface area contributed by atoms with Gasteiger partial charge in [-0.25, -0.2) is 9.97 Å². The number of hydrogen-bond acceptors (Lipinski definition) is 2. The summed E-state index contributed by atoms with van der Waals surface area (Å²) >= 11 is 0. The Bertz CT molecular complexity index is 3230. The minimum Gasteiger partial charge on any atom is -0.228 e. The maximum Gasteiger partial charge on any atom is 0.160 e. The Balaban J connectivity index is 0.942. The summed E-state index contributed by atoms with van der Waals surface area (Å²) in [5.41, 5.74) is 22.2. The van der Waals surface area contributed by atoms with Crippen LogP contribution in [0.5, 0.6) is 0 Å². The normalized spacial score (nSPS) is 12.7. The molecule has 0 fully saturated rings. The zero-order valence-corrected chi connectivity index (χ0v) is 33.3. The number of aromatic nitrogens is 2. The van der Waals surface area contributed by atoms with Crippen LogP contribution >= 0.6 is 0 Å². The molecule has 10 aromatic rings. The topological polar surface area (TPSA) is 25.8 Å². The summed E-state index contributed by atoms with van der Waals surface area (Å²) in [6, 6.07) is 83.4. The number of fused-ring (bicyclic) bond motifs is 10. The molecule has 0 amide bonds. The van der Waals surface area contributed by atoms with Crippen LogP contribution in [0.1, 0.15) is 22.3 Å². The quantitative estimate of drug-likeness (QED) is 0.168. The molecule has 0 radical (unpaired) electrons. The van der Waals surface area contributed by atoms with Gasteiger partial charge in [0, 0.05) is 16.7 Å². The Morgan fingerprint density at radius 3 is 1.18 bits per heavy atom. The summed E-state index contributed by atoms with van der Waals surface area (Å²) in [5.74, 6) is 0.705. The predicted molar refractivity (Wildman–Crippen MR) is 251 cm³/mol. The molecule has 2 nitrogen and oxygen atoms in total. The minimum absolute atomic E-state index is 0.375. The monoisotopic (exact) mass is 774 g/mol. The third-order valence-corrected chi connectivity index (χ3v) is 12.7. The van der Waals surface area contributed by atoms with Crippen molar-refractivity contribution in [2.45, 2.75) is 5.41 Å². The molecular weight excluding hydrogens is 737 g/mol. The minimum atomic E-state index is -0.375. The molecule has 0 atom stereocenters. The van der Waals surface area contributed by atoms with Crippen LogP contribution < -0.4 is 0 Å². The van der Waals surface area contributed by atoms with Gasteiger partial charge >= 0.3 is 0 Å². The Kier molecular flexibility index (Phi) is 8.11. The van der Waals surface area contributed by atoms with Gasteiger partial charge < -0.3 is 0 Å². The fourth-order valence-corrected chi connectivity index (χ4v) is 9.93. The van der Waals surface area contributed by atoms with E-state index in [1.807, 2.05) is 24.3 Å². The third-order valence-electron chi connectivity index (χ3n) is 12.7. The van der Waals surface area contributed by atoms with Crippen molar-refractivity contribution >= 4 is 0 Å². The lowest BCUT2D eigenvalue weighted by Gasteiger charge is -2.30. The maximum absolute atomic E-state index is 5.17. The van der Waals surface area contributed by atoms with E-state index >= 15 is 0 Å². The highest BCUT2D eigenvalue weighted by atomic mass is 14.9. The Hall–Kier alpha value is -7.94. The number of nitrogens with zero attached hydrogens (tertiary/aromatic N) is 2. The number of benzene rings is 9. The zero-order valence-electron chi connectivity index (χ0n) is 33.3. The van der Waals surface area contributed by atoms with Crippen molar-refractivity contribution < 1.29 is 0 Å². The van der Waals surface area contributed by atoms with E-state index in [-0.39, 0.29) is 5.41 Å². The van der Waals surface area contributed by atoms with Gasteiger partial charge in [0.1, 0.15) is 0 Å². The van der Waals surface area contributed by atoms with E-state index < -0.39 is 0 Å². The second kappa shape index (κ2) is 14.1. The van der Waals surface area contributed by atoms with E-state index in [0.29, 0.717) is 5.82 Å². The Morgan fingerprint density at radius 2 is 0.607 bits per heavy atom. The largest absolute Gasteiger partial charge is 0.228 e. The van der Waals surface area contributed by atoms with E-state index in [2.05, 4.69) is 206 Å². The van der Waals surface area contributed by atoms with Crippen molar-refractivity contribution in [3.8, 4) is 89.5 Å². The van der Waals surface area contributed by atoms with Crippen molar-refractivity contribution in [3.63, 3.8) is 0 Å². The molecule has 61 heavy (non-hydrogen) atoms. The fraction of sp³-hybridized carbons (Fsp3) is 0.0169. The van der Waals surface area contributed by atoms with E-state index in [1.54, 1.807) is 0 Å². The zero-order chi connectivity index (χ0) is 40.3. The van der Waals surface area contributed by atoms with Gasteiger partial charge in [-0.15, -0.1) is 0 Å². The SMILES string of the molecule is c1ccc(-c2ccc(-c3cc(-c4cccc(-c5cccc(-c6ccc7c(c6)C6(c8ccccc8-c8ccccc86)c6ccccc6-7)c5)c4)nc(-c4ccccc4)n3)cc2)cc1. The van der Waals surface area contributed by atoms with Crippen molar-refractivity contribution in [3.05, 3.63) is 253 Å². The van der Waals surface area contributed by atoms with E-state index in [4.69, 9.17) is 9.97 Å². The summed E-state index contributed by atoms with van der Waals surface area (Å²) in [6.07, 6.45) is 0. The third kappa shape index (κ3) is 5.64. The van der Waals surface area contributed by atoms with E-state index in [0.717, 1.165) is 39.2 Å². The summed E-state index contributed by atoms with van der Waals surface area (Å²) in [4.78, 5) is 10.3. The molecule has 0 saturated heterocycles. The molecule has 9 aromatic carbocycles. The molecule has 1 heterocycles. The number of rotatable bonds is 6. The first kappa shape index (κ1) is 35.0. The molecule has 0 unspecified atom stereocenters. The van der Waals surface area contributed by atoms with Crippen LogP contribution in [0.3, 0.4) is 0 Å². The lowest BCUT2D eigenvalue weighted by molar-refractivity contribution is 0.794. The maximum atomic E-state index is 5.17. The van der Waals surface area contributed by atoms with Crippen LogP contribution in [-0.2, 0) is 5.41 Å². The molecule has 2 heteroatoms.